The Labute approximate surface area is 159 Å². The monoisotopic (exact) mass is 398 g/mol. The first kappa shape index (κ1) is 19.3. The summed E-state index contributed by atoms with van der Waals surface area (Å²) in [6, 6.07) is 6.87. The van der Waals surface area contributed by atoms with Gasteiger partial charge in [-0.3, -0.25) is 0 Å². The molecule has 0 spiro atoms. The van der Waals surface area contributed by atoms with Crippen molar-refractivity contribution in [1.29, 1.82) is 5.26 Å². The van der Waals surface area contributed by atoms with Gasteiger partial charge in [-0.2, -0.15) is 5.26 Å². The molecule has 2 rings (SSSR count). The zero-order valence-corrected chi connectivity index (χ0v) is 15.5. The number of nitriles is 1. The summed E-state index contributed by atoms with van der Waals surface area (Å²) in [5.41, 5.74) is 0.301. The number of carbonyl (C=O) groups is 1. The lowest BCUT2D eigenvalue weighted by Gasteiger charge is -2.25. The number of carboxylic acid groups (broad SMARTS) is 1. The summed E-state index contributed by atoms with van der Waals surface area (Å²) in [6.45, 7) is 3.39. The molecule has 1 aromatic carbocycles. The Kier molecular flexibility index (Phi) is 5.73. The third-order valence-corrected chi connectivity index (χ3v) is 4.38. The number of halogens is 3. The van der Waals surface area contributed by atoms with E-state index in [1.807, 2.05) is 6.07 Å². The number of hydrogen-bond donors (Lipinski definition) is 2. The van der Waals surface area contributed by atoms with Gasteiger partial charge < -0.3 is 10.4 Å². The summed E-state index contributed by atoms with van der Waals surface area (Å²) in [6.07, 6.45) is -0.990. The second-order valence-corrected chi connectivity index (χ2v) is 7.01. The number of nitrogens with zero attached hydrogens (tertiary/aromatic N) is 3. The first-order valence-corrected chi connectivity index (χ1v) is 8.20. The molecule has 0 unspecified atom stereocenters. The molecule has 6 nitrogen and oxygen atoms in total. The predicted octanol–water partition coefficient (Wildman–Crippen LogP) is 4.56. The highest BCUT2D eigenvalue weighted by molar-refractivity contribution is 6.43. The maximum Gasteiger partial charge on any atom is 0.405 e. The van der Waals surface area contributed by atoms with E-state index in [1.165, 1.54) is 0 Å². The van der Waals surface area contributed by atoms with Crippen LogP contribution in [0.15, 0.2) is 18.2 Å². The molecule has 0 aliphatic heterocycles. The van der Waals surface area contributed by atoms with E-state index in [-0.39, 0.29) is 22.3 Å². The van der Waals surface area contributed by atoms with Crippen LogP contribution in [0.1, 0.15) is 25.2 Å². The van der Waals surface area contributed by atoms with Gasteiger partial charge in [-0.05, 0) is 19.9 Å². The highest BCUT2D eigenvalue weighted by Gasteiger charge is 2.26. The largest absolute Gasteiger partial charge is 0.465 e. The fourth-order valence-electron chi connectivity index (χ4n) is 2.30. The quantitative estimate of drug-likeness (QED) is 0.785. The lowest BCUT2D eigenvalue weighted by atomic mass is 9.95. The molecule has 0 bridgehead atoms. The van der Waals surface area contributed by atoms with Crippen molar-refractivity contribution in [2.24, 2.45) is 0 Å². The van der Waals surface area contributed by atoms with Crippen LogP contribution in [0.2, 0.25) is 15.2 Å². The predicted molar refractivity (Wildman–Crippen MR) is 96.2 cm³/mol. The van der Waals surface area contributed by atoms with Crippen LogP contribution < -0.4 is 5.32 Å². The van der Waals surface area contributed by atoms with Crippen molar-refractivity contribution >= 4 is 40.9 Å². The minimum Gasteiger partial charge on any atom is -0.465 e. The van der Waals surface area contributed by atoms with Crippen molar-refractivity contribution in [3.05, 3.63) is 44.8 Å². The molecule has 0 aliphatic rings. The van der Waals surface area contributed by atoms with E-state index in [0.717, 1.165) is 0 Å². The van der Waals surface area contributed by atoms with E-state index in [4.69, 9.17) is 39.9 Å². The van der Waals surface area contributed by atoms with E-state index in [2.05, 4.69) is 15.3 Å². The van der Waals surface area contributed by atoms with Gasteiger partial charge in [-0.1, -0.05) is 46.9 Å². The van der Waals surface area contributed by atoms with Gasteiger partial charge in [0.05, 0.1) is 21.4 Å². The van der Waals surface area contributed by atoms with Crippen LogP contribution in [0.3, 0.4) is 0 Å². The molecule has 2 aromatic rings. The average molecular weight is 400 g/mol. The normalized spacial score (nSPS) is 11.0. The van der Waals surface area contributed by atoms with Crippen LogP contribution in [-0.4, -0.2) is 26.7 Å². The minimum absolute atomic E-state index is 0.0551. The lowest BCUT2D eigenvalue weighted by molar-refractivity contribution is 0.182. The summed E-state index contributed by atoms with van der Waals surface area (Å²) >= 11 is 18.3. The van der Waals surface area contributed by atoms with E-state index < -0.39 is 11.6 Å². The molecule has 25 heavy (non-hydrogen) atoms. The van der Waals surface area contributed by atoms with Crippen LogP contribution in [0.5, 0.6) is 0 Å². The Morgan fingerprint density at radius 3 is 2.60 bits per heavy atom. The van der Waals surface area contributed by atoms with E-state index >= 15 is 0 Å². The minimum atomic E-state index is -1.17. The van der Waals surface area contributed by atoms with Gasteiger partial charge in [0.2, 0.25) is 0 Å². The Bertz CT molecular complexity index is 878. The van der Waals surface area contributed by atoms with Crippen molar-refractivity contribution in [2.75, 3.05) is 0 Å². The van der Waals surface area contributed by atoms with Crippen molar-refractivity contribution in [3.63, 3.8) is 0 Å². The van der Waals surface area contributed by atoms with Gasteiger partial charge in [0.25, 0.3) is 0 Å². The Morgan fingerprint density at radius 1 is 1.32 bits per heavy atom. The Hall–Kier alpha value is -2.07. The molecule has 0 saturated heterocycles. The molecule has 0 atom stereocenters. The fourth-order valence-corrected chi connectivity index (χ4v) is 2.87. The first-order chi connectivity index (χ1) is 11.6. The van der Waals surface area contributed by atoms with Crippen molar-refractivity contribution in [3.8, 4) is 17.3 Å². The molecular weight excluding hydrogens is 387 g/mol. The number of amides is 1. The summed E-state index contributed by atoms with van der Waals surface area (Å²) in [5, 5.41) is 21.1. The lowest BCUT2D eigenvalue weighted by Crippen LogP contribution is -2.44. The molecule has 0 saturated carbocycles. The Balaban J connectivity index is 2.63. The molecule has 0 radical (unpaired) electrons. The van der Waals surface area contributed by atoms with Crippen LogP contribution in [0.25, 0.3) is 11.3 Å². The molecule has 1 heterocycles. The zero-order valence-electron chi connectivity index (χ0n) is 13.3. The number of aromatic nitrogens is 2. The zero-order chi connectivity index (χ0) is 18.8. The van der Waals surface area contributed by atoms with Crippen molar-refractivity contribution < 1.29 is 9.90 Å². The molecule has 9 heteroatoms. The van der Waals surface area contributed by atoms with Gasteiger partial charge >= 0.3 is 6.09 Å². The highest BCUT2D eigenvalue weighted by atomic mass is 35.5. The van der Waals surface area contributed by atoms with E-state index in [9.17, 15) is 10.1 Å². The van der Waals surface area contributed by atoms with Crippen LogP contribution >= 0.6 is 34.8 Å². The summed E-state index contributed by atoms with van der Waals surface area (Å²) < 4.78 is 0. The molecule has 0 aliphatic carbocycles. The average Bonchev–Trinajstić information content (AvgIpc) is 2.49. The molecule has 2 N–H and O–H groups in total. The molecule has 130 valence electrons. The SMILES string of the molecule is CC(C)(Cc1nc(Cl)c(C#N)nc1-c1cccc(Cl)c1Cl)NC(=O)O. The number of hydrogen-bond acceptors (Lipinski definition) is 4. The number of benzene rings is 1. The van der Waals surface area contributed by atoms with Gasteiger partial charge in [0.1, 0.15) is 6.07 Å². The van der Waals surface area contributed by atoms with E-state index in [0.29, 0.717) is 22.0 Å². The third-order valence-electron chi connectivity index (χ3n) is 3.29. The fraction of sp³-hybridized carbons (Fsp3) is 0.250. The number of rotatable bonds is 4. The maximum atomic E-state index is 11.0. The topological polar surface area (TPSA) is 98.9 Å². The highest BCUT2D eigenvalue weighted by Crippen LogP contribution is 2.35. The smallest absolute Gasteiger partial charge is 0.405 e. The second kappa shape index (κ2) is 7.44. The van der Waals surface area contributed by atoms with E-state index in [1.54, 1.807) is 32.0 Å². The second-order valence-electron chi connectivity index (χ2n) is 5.86. The summed E-state index contributed by atoms with van der Waals surface area (Å²) in [4.78, 5) is 19.5. The van der Waals surface area contributed by atoms with Gasteiger partial charge in [0.15, 0.2) is 10.8 Å². The third kappa shape index (κ3) is 4.51. The van der Waals surface area contributed by atoms with Crippen LogP contribution in [-0.2, 0) is 6.42 Å². The van der Waals surface area contributed by atoms with Crippen LogP contribution in [0.4, 0.5) is 4.79 Å². The Morgan fingerprint density at radius 2 is 2.00 bits per heavy atom. The van der Waals surface area contributed by atoms with Gasteiger partial charge in [0, 0.05) is 17.5 Å². The summed E-state index contributed by atoms with van der Waals surface area (Å²) in [5.74, 6) is 0. The van der Waals surface area contributed by atoms with Gasteiger partial charge in [-0.15, -0.1) is 0 Å². The van der Waals surface area contributed by atoms with Gasteiger partial charge in [-0.25, -0.2) is 14.8 Å². The standard InChI is InChI=1S/C16H13Cl3N4O2/c1-16(2,23-15(24)25)6-10-13(21-11(7-20)14(19)22-10)8-4-3-5-9(17)12(8)18/h3-5,23H,6H2,1-2H3,(H,24,25). The first-order valence-electron chi connectivity index (χ1n) is 7.06. The van der Waals surface area contributed by atoms with Crippen LogP contribution in [0, 0.1) is 11.3 Å². The van der Waals surface area contributed by atoms with Crippen molar-refractivity contribution in [1.82, 2.24) is 15.3 Å². The van der Waals surface area contributed by atoms with Crippen molar-refractivity contribution in [2.45, 2.75) is 25.8 Å². The summed E-state index contributed by atoms with van der Waals surface area (Å²) in [7, 11) is 0. The number of nitrogens with one attached hydrogen (secondary N) is 1. The molecular formula is C16H13Cl3N4O2. The molecule has 0 fully saturated rings. The molecule has 1 aromatic heterocycles. The molecule has 1 amide bonds. The maximum absolute atomic E-state index is 11.0.